The molecule has 0 fully saturated rings. The number of carbonyl (C=O) groups is 1. The summed E-state index contributed by atoms with van der Waals surface area (Å²) in [7, 11) is 4.14. The highest BCUT2D eigenvalue weighted by Gasteiger charge is 2.13. The molecule has 1 heterocycles. The van der Waals surface area contributed by atoms with Crippen LogP contribution in [-0.4, -0.2) is 36.5 Å². The van der Waals surface area contributed by atoms with Gasteiger partial charge in [0.1, 0.15) is 5.75 Å². The second-order valence-corrected chi connectivity index (χ2v) is 9.50. The zero-order valence-corrected chi connectivity index (χ0v) is 21.8. The first-order valence-electron chi connectivity index (χ1n) is 13.4. The van der Waals surface area contributed by atoms with E-state index in [1.165, 1.54) is 50.5 Å². The average Bonchev–Trinajstić information content (AvgIpc) is 3.24. The Morgan fingerprint density at radius 1 is 0.971 bits per heavy atom. The van der Waals surface area contributed by atoms with Crippen molar-refractivity contribution in [1.82, 2.24) is 9.88 Å². The molecule has 1 aromatic heterocycles. The topological polar surface area (TPSA) is 45.3 Å². The predicted molar refractivity (Wildman–Crippen MR) is 148 cm³/mol. The number of nitrogens with one attached hydrogen (secondary N) is 1. The quantitative estimate of drug-likeness (QED) is 0.104. The Bertz CT molecular complexity index is 886. The lowest BCUT2D eigenvalue weighted by Gasteiger charge is -2.10. The number of esters is 1. The monoisotopic (exact) mass is 468 g/mol. The number of unbranched alkanes of at least 4 members (excludes halogenated alkanes) is 8. The summed E-state index contributed by atoms with van der Waals surface area (Å²) in [5.41, 5.74) is 2.22. The molecule has 190 valence electrons. The van der Waals surface area contributed by atoms with Gasteiger partial charge in [-0.05, 0) is 76.7 Å². The Hall–Kier alpha value is -2.33. The van der Waals surface area contributed by atoms with E-state index in [1.807, 2.05) is 24.4 Å². The van der Waals surface area contributed by atoms with Gasteiger partial charge in [-0.15, -0.1) is 0 Å². The van der Waals surface area contributed by atoms with Crippen LogP contribution in [0.5, 0.6) is 5.75 Å². The Labute approximate surface area is 208 Å². The van der Waals surface area contributed by atoms with Crippen LogP contribution in [0.1, 0.15) is 91.0 Å². The number of allylic oxidation sites excluding steroid dienone is 4. The number of ether oxygens (including phenoxy) is 1. The molecule has 4 nitrogen and oxygen atoms in total. The van der Waals surface area contributed by atoms with Gasteiger partial charge in [0.15, 0.2) is 0 Å². The third-order valence-electron chi connectivity index (χ3n) is 6.13. The van der Waals surface area contributed by atoms with Gasteiger partial charge in [0.25, 0.3) is 0 Å². The third kappa shape index (κ3) is 11.2. The molecule has 34 heavy (non-hydrogen) atoms. The number of rotatable bonds is 18. The van der Waals surface area contributed by atoms with E-state index in [9.17, 15) is 4.79 Å². The van der Waals surface area contributed by atoms with Crippen molar-refractivity contribution in [1.29, 1.82) is 0 Å². The number of hydrogen-bond donors (Lipinski definition) is 1. The first-order valence-corrected chi connectivity index (χ1v) is 13.4. The molecular weight excluding hydrogens is 420 g/mol. The van der Waals surface area contributed by atoms with Gasteiger partial charge in [-0.1, -0.05) is 69.4 Å². The number of H-pyrrole nitrogens is 1. The number of hydrogen-bond acceptors (Lipinski definition) is 3. The Morgan fingerprint density at radius 3 is 2.41 bits per heavy atom. The van der Waals surface area contributed by atoms with Gasteiger partial charge in [0.2, 0.25) is 0 Å². The van der Waals surface area contributed by atoms with Gasteiger partial charge in [-0.25, -0.2) is 0 Å². The highest BCUT2D eigenvalue weighted by molar-refractivity contribution is 5.91. The molecule has 0 amide bonds. The Balaban J connectivity index is 0.00000612. The van der Waals surface area contributed by atoms with Crippen LogP contribution in [0.3, 0.4) is 0 Å². The molecule has 0 atom stereocenters. The number of fused-ring (bicyclic) bond motifs is 1. The van der Waals surface area contributed by atoms with Crippen LogP contribution in [0.15, 0.2) is 48.7 Å². The fraction of sp³-hybridized carbons (Fsp3) is 0.567. The molecule has 0 aliphatic rings. The summed E-state index contributed by atoms with van der Waals surface area (Å²) in [5, 5.41) is 1.04. The SMILES string of the molecule is CCCCC/C=C\C/C=C\CCCCCCCC(=O)Oc1cccc2[nH]cc(CCN(C)C)c12.[HH]. The van der Waals surface area contributed by atoms with Gasteiger partial charge in [-0.3, -0.25) is 4.79 Å². The van der Waals surface area contributed by atoms with Crippen LogP contribution in [0.25, 0.3) is 10.9 Å². The number of aromatic amines is 1. The summed E-state index contributed by atoms with van der Waals surface area (Å²) < 4.78 is 5.77. The summed E-state index contributed by atoms with van der Waals surface area (Å²) >= 11 is 0. The molecule has 0 aliphatic heterocycles. The van der Waals surface area contributed by atoms with Crippen molar-refractivity contribution in [2.45, 2.75) is 90.4 Å². The molecule has 1 N–H and O–H groups in total. The molecule has 4 heteroatoms. The van der Waals surface area contributed by atoms with Crippen molar-refractivity contribution in [2.24, 2.45) is 0 Å². The van der Waals surface area contributed by atoms with E-state index in [-0.39, 0.29) is 7.40 Å². The number of aromatic nitrogens is 1. The van der Waals surface area contributed by atoms with Crippen LogP contribution in [0, 0.1) is 0 Å². The Kier molecular flexibility index (Phi) is 14.1. The standard InChI is InChI=1S/C30H46N2O2.H2/c1-4-5-6-7-8-9-10-11-12-13-14-15-16-17-18-22-29(33)34-28-21-19-20-27-30(28)26(25-31-27)23-24-32(2)3;/h8-9,11-12,19-21,25,31H,4-7,10,13-18,22-24H2,1-3H3;1H/b9-8-,12-11-;. The second-order valence-electron chi connectivity index (χ2n) is 9.50. The number of benzene rings is 1. The highest BCUT2D eigenvalue weighted by Crippen LogP contribution is 2.29. The highest BCUT2D eigenvalue weighted by atomic mass is 16.5. The third-order valence-corrected chi connectivity index (χ3v) is 6.13. The van der Waals surface area contributed by atoms with Crippen molar-refractivity contribution < 1.29 is 11.0 Å². The largest absolute Gasteiger partial charge is 0.426 e. The predicted octanol–water partition coefficient (Wildman–Crippen LogP) is 8.24. The molecule has 0 aliphatic carbocycles. The van der Waals surface area contributed by atoms with Crippen molar-refractivity contribution in [2.75, 3.05) is 20.6 Å². The Morgan fingerprint density at radius 2 is 1.68 bits per heavy atom. The molecule has 0 saturated heterocycles. The normalized spacial score (nSPS) is 12.0. The van der Waals surface area contributed by atoms with Gasteiger partial charge in [0.05, 0.1) is 0 Å². The minimum Gasteiger partial charge on any atom is -0.426 e. The van der Waals surface area contributed by atoms with Crippen molar-refractivity contribution in [3.63, 3.8) is 0 Å². The fourth-order valence-electron chi connectivity index (χ4n) is 4.10. The van der Waals surface area contributed by atoms with E-state index in [0.717, 1.165) is 49.6 Å². The number of carbonyl (C=O) groups excluding carboxylic acids is 1. The first kappa shape index (κ1) is 27.9. The van der Waals surface area contributed by atoms with E-state index < -0.39 is 0 Å². The lowest BCUT2D eigenvalue weighted by molar-refractivity contribution is -0.134. The lowest BCUT2D eigenvalue weighted by Crippen LogP contribution is -2.15. The molecule has 1 aromatic carbocycles. The summed E-state index contributed by atoms with van der Waals surface area (Å²) in [6.45, 7) is 3.21. The summed E-state index contributed by atoms with van der Waals surface area (Å²) in [4.78, 5) is 17.9. The van der Waals surface area contributed by atoms with E-state index in [2.05, 4.69) is 55.2 Å². The maximum atomic E-state index is 12.4. The van der Waals surface area contributed by atoms with Gasteiger partial charge < -0.3 is 14.6 Å². The van der Waals surface area contributed by atoms with Gasteiger partial charge in [-0.2, -0.15) is 0 Å². The van der Waals surface area contributed by atoms with Crippen LogP contribution in [-0.2, 0) is 11.2 Å². The molecule has 2 aromatic rings. The molecule has 2 rings (SSSR count). The first-order chi connectivity index (χ1) is 16.6. The van der Waals surface area contributed by atoms with Gasteiger partial charge in [0, 0.05) is 31.5 Å². The lowest BCUT2D eigenvalue weighted by atomic mass is 10.1. The van der Waals surface area contributed by atoms with Crippen LogP contribution in [0.4, 0.5) is 0 Å². The molecule has 0 unspecified atom stereocenters. The average molecular weight is 469 g/mol. The van der Waals surface area contributed by atoms with Crippen LogP contribution < -0.4 is 4.74 Å². The van der Waals surface area contributed by atoms with Crippen molar-refractivity contribution in [3.8, 4) is 5.75 Å². The molecule has 0 saturated carbocycles. The molecule has 0 spiro atoms. The zero-order chi connectivity index (χ0) is 24.4. The van der Waals surface area contributed by atoms with Crippen LogP contribution in [0.2, 0.25) is 0 Å². The minimum atomic E-state index is -0.127. The number of nitrogens with zero attached hydrogens (tertiary/aromatic N) is 1. The van der Waals surface area contributed by atoms with E-state index in [4.69, 9.17) is 4.74 Å². The van der Waals surface area contributed by atoms with Crippen molar-refractivity contribution in [3.05, 3.63) is 54.3 Å². The summed E-state index contributed by atoms with van der Waals surface area (Å²) in [6.07, 6.45) is 25.6. The smallest absolute Gasteiger partial charge is 0.311 e. The maximum absolute atomic E-state index is 12.4. The maximum Gasteiger partial charge on any atom is 0.311 e. The van der Waals surface area contributed by atoms with Crippen LogP contribution >= 0.6 is 0 Å². The fourth-order valence-corrected chi connectivity index (χ4v) is 4.10. The van der Waals surface area contributed by atoms with E-state index in [1.54, 1.807) is 0 Å². The zero-order valence-electron chi connectivity index (χ0n) is 21.8. The summed E-state index contributed by atoms with van der Waals surface area (Å²) in [5.74, 6) is 0.554. The second kappa shape index (κ2) is 17.2. The number of likely N-dealkylation sites (N-methyl/N-ethyl adjacent to an activating group) is 1. The minimum absolute atomic E-state index is 0. The van der Waals surface area contributed by atoms with E-state index >= 15 is 0 Å². The molecule has 0 bridgehead atoms. The summed E-state index contributed by atoms with van der Waals surface area (Å²) in [6, 6.07) is 5.88. The molecule has 0 radical (unpaired) electrons. The van der Waals surface area contributed by atoms with E-state index in [0.29, 0.717) is 12.2 Å². The van der Waals surface area contributed by atoms with Crippen molar-refractivity contribution >= 4 is 16.9 Å². The molecular formula is C30H48N2O2. The van der Waals surface area contributed by atoms with Gasteiger partial charge >= 0.3 is 5.97 Å².